The largest absolute Gasteiger partial charge is 0.312 e. The van der Waals surface area contributed by atoms with Crippen LogP contribution in [-0.4, -0.2) is 11.5 Å². The van der Waals surface area contributed by atoms with Crippen molar-refractivity contribution in [1.82, 2.24) is 10.3 Å². The molecular weight excluding hydrogens is 256 g/mol. The molecule has 3 aromatic rings. The van der Waals surface area contributed by atoms with E-state index in [9.17, 15) is 0 Å². The summed E-state index contributed by atoms with van der Waals surface area (Å²) in [6.07, 6.45) is 2.91. The van der Waals surface area contributed by atoms with Crippen LogP contribution in [0.3, 0.4) is 0 Å². The molecule has 0 bridgehead atoms. The second-order valence-corrected chi connectivity index (χ2v) is 5.38. The minimum atomic E-state index is 0.900. The van der Waals surface area contributed by atoms with E-state index in [1.165, 1.54) is 22.1 Å². The monoisotopic (exact) mass is 276 g/mol. The van der Waals surface area contributed by atoms with Crippen molar-refractivity contribution in [2.45, 2.75) is 19.9 Å². The van der Waals surface area contributed by atoms with Crippen LogP contribution < -0.4 is 5.32 Å². The summed E-state index contributed by atoms with van der Waals surface area (Å²) in [5, 5.41) is 4.73. The molecule has 0 saturated heterocycles. The average molecular weight is 276 g/mol. The van der Waals surface area contributed by atoms with Crippen LogP contribution in [0.25, 0.3) is 10.9 Å². The summed E-state index contributed by atoms with van der Waals surface area (Å²) < 4.78 is 0. The summed E-state index contributed by atoms with van der Waals surface area (Å²) >= 11 is 0. The third kappa shape index (κ3) is 3.47. The lowest BCUT2D eigenvalue weighted by atomic mass is 10.1. The van der Waals surface area contributed by atoms with Gasteiger partial charge in [-0.05, 0) is 54.8 Å². The molecule has 0 spiro atoms. The fourth-order valence-electron chi connectivity index (χ4n) is 2.58. The maximum atomic E-state index is 4.35. The predicted octanol–water partition coefficient (Wildman–Crippen LogP) is 3.88. The Morgan fingerprint density at radius 1 is 1.00 bits per heavy atom. The van der Waals surface area contributed by atoms with Crippen LogP contribution in [0.4, 0.5) is 0 Å². The molecule has 21 heavy (non-hydrogen) atoms. The number of hydrogen-bond acceptors (Lipinski definition) is 2. The lowest BCUT2D eigenvalue weighted by molar-refractivity contribution is 0.686. The van der Waals surface area contributed by atoms with Gasteiger partial charge in [-0.2, -0.15) is 0 Å². The van der Waals surface area contributed by atoms with Gasteiger partial charge in [0.2, 0.25) is 0 Å². The van der Waals surface area contributed by atoms with Gasteiger partial charge in [0.1, 0.15) is 0 Å². The van der Waals surface area contributed by atoms with E-state index in [4.69, 9.17) is 0 Å². The normalized spacial score (nSPS) is 10.9. The summed E-state index contributed by atoms with van der Waals surface area (Å²) in [5.74, 6) is 0. The number of nitrogens with zero attached hydrogens (tertiary/aromatic N) is 1. The van der Waals surface area contributed by atoms with Crippen LogP contribution in [0, 0.1) is 6.92 Å². The SMILES string of the molecule is Cc1ccccc1CCNCc1ccc2ncccc2c1. The van der Waals surface area contributed by atoms with E-state index in [1.54, 1.807) is 0 Å². The fourth-order valence-corrected chi connectivity index (χ4v) is 2.58. The summed E-state index contributed by atoms with van der Waals surface area (Å²) in [6.45, 7) is 4.07. The van der Waals surface area contributed by atoms with Crippen LogP contribution in [0.15, 0.2) is 60.8 Å². The maximum absolute atomic E-state index is 4.35. The second kappa shape index (κ2) is 6.51. The zero-order valence-corrected chi connectivity index (χ0v) is 12.3. The summed E-state index contributed by atoms with van der Waals surface area (Å²) in [7, 11) is 0. The first-order valence-corrected chi connectivity index (χ1v) is 7.42. The average Bonchev–Trinajstić information content (AvgIpc) is 2.53. The molecule has 0 atom stereocenters. The van der Waals surface area contributed by atoms with Crippen molar-refractivity contribution in [3.8, 4) is 0 Å². The highest BCUT2D eigenvalue weighted by Crippen LogP contribution is 2.13. The van der Waals surface area contributed by atoms with E-state index in [0.717, 1.165) is 25.0 Å². The smallest absolute Gasteiger partial charge is 0.0702 e. The van der Waals surface area contributed by atoms with Crippen LogP contribution in [-0.2, 0) is 13.0 Å². The number of pyridine rings is 1. The van der Waals surface area contributed by atoms with Crippen molar-refractivity contribution in [2.24, 2.45) is 0 Å². The van der Waals surface area contributed by atoms with Gasteiger partial charge in [0.15, 0.2) is 0 Å². The van der Waals surface area contributed by atoms with Crippen LogP contribution in [0.5, 0.6) is 0 Å². The Hall–Kier alpha value is -2.19. The standard InChI is InChI=1S/C19H20N2/c1-15-5-2-3-6-17(15)10-12-20-14-16-8-9-19-18(13-16)7-4-11-21-19/h2-9,11,13,20H,10,12,14H2,1H3. The van der Waals surface area contributed by atoms with Crippen molar-refractivity contribution < 1.29 is 0 Å². The molecule has 0 aliphatic rings. The lowest BCUT2D eigenvalue weighted by Crippen LogP contribution is -2.17. The summed E-state index contributed by atoms with van der Waals surface area (Å²) in [6, 6.07) is 19.1. The number of rotatable bonds is 5. The minimum Gasteiger partial charge on any atom is -0.312 e. The van der Waals surface area contributed by atoms with E-state index in [1.807, 2.05) is 12.3 Å². The third-order valence-electron chi connectivity index (χ3n) is 3.83. The van der Waals surface area contributed by atoms with Gasteiger partial charge in [-0.1, -0.05) is 36.4 Å². The number of aromatic nitrogens is 1. The van der Waals surface area contributed by atoms with Crippen molar-refractivity contribution in [3.05, 3.63) is 77.5 Å². The fraction of sp³-hybridized carbons (Fsp3) is 0.211. The zero-order valence-electron chi connectivity index (χ0n) is 12.3. The second-order valence-electron chi connectivity index (χ2n) is 5.38. The molecule has 0 aliphatic carbocycles. The van der Waals surface area contributed by atoms with Gasteiger partial charge >= 0.3 is 0 Å². The molecular formula is C19H20N2. The number of nitrogens with one attached hydrogen (secondary N) is 1. The minimum absolute atomic E-state index is 0.900. The molecule has 106 valence electrons. The van der Waals surface area contributed by atoms with Gasteiger partial charge in [0.25, 0.3) is 0 Å². The van der Waals surface area contributed by atoms with Crippen LogP contribution >= 0.6 is 0 Å². The maximum Gasteiger partial charge on any atom is 0.0702 e. The van der Waals surface area contributed by atoms with Gasteiger partial charge < -0.3 is 5.32 Å². The number of benzene rings is 2. The van der Waals surface area contributed by atoms with Crippen molar-refractivity contribution >= 4 is 10.9 Å². The highest BCUT2D eigenvalue weighted by Gasteiger charge is 1.99. The van der Waals surface area contributed by atoms with Gasteiger partial charge in [-0.25, -0.2) is 0 Å². The molecule has 3 rings (SSSR count). The van der Waals surface area contributed by atoms with Gasteiger partial charge in [-0.15, -0.1) is 0 Å². The van der Waals surface area contributed by atoms with E-state index in [2.05, 4.69) is 65.8 Å². The van der Waals surface area contributed by atoms with Crippen molar-refractivity contribution in [1.29, 1.82) is 0 Å². The number of hydrogen-bond donors (Lipinski definition) is 1. The van der Waals surface area contributed by atoms with Crippen LogP contribution in [0.2, 0.25) is 0 Å². The highest BCUT2D eigenvalue weighted by molar-refractivity contribution is 5.78. The molecule has 0 saturated carbocycles. The Kier molecular flexibility index (Phi) is 4.27. The molecule has 0 fully saturated rings. The number of fused-ring (bicyclic) bond motifs is 1. The summed E-state index contributed by atoms with van der Waals surface area (Å²) in [5.41, 5.74) is 5.16. The zero-order chi connectivity index (χ0) is 14.5. The van der Waals surface area contributed by atoms with Crippen molar-refractivity contribution in [2.75, 3.05) is 6.54 Å². The summed E-state index contributed by atoms with van der Waals surface area (Å²) in [4.78, 5) is 4.35. The van der Waals surface area contributed by atoms with Gasteiger partial charge in [0, 0.05) is 18.1 Å². The molecule has 1 heterocycles. The van der Waals surface area contributed by atoms with Crippen LogP contribution in [0.1, 0.15) is 16.7 Å². The quantitative estimate of drug-likeness (QED) is 0.715. The first-order valence-electron chi connectivity index (χ1n) is 7.42. The molecule has 1 aromatic heterocycles. The highest BCUT2D eigenvalue weighted by atomic mass is 14.8. The molecule has 1 N–H and O–H groups in total. The number of aryl methyl sites for hydroxylation is 1. The first kappa shape index (κ1) is 13.8. The Morgan fingerprint density at radius 2 is 1.90 bits per heavy atom. The molecule has 2 aromatic carbocycles. The van der Waals surface area contributed by atoms with E-state index < -0.39 is 0 Å². The Labute approximate surface area is 125 Å². The van der Waals surface area contributed by atoms with Crippen molar-refractivity contribution in [3.63, 3.8) is 0 Å². The van der Waals surface area contributed by atoms with Gasteiger partial charge in [0.05, 0.1) is 5.52 Å². The molecule has 0 aliphatic heterocycles. The lowest BCUT2D eigenvalue weighted by Gasteiger charge is -2.08. The molecule has 0 radical (unpaired) electrons. The topological polar surface area (TPSA) is 24.9 Å². The third-order valence-corrected chi connectivity index (χ3v) is 3.83. The van der Waals surface area contributed by atoms with E-state index in [-0.39, 0.29) is 0 Å². The van der Waals surface area contributed by atoms with E-state index >= 15 is 0 Å². The Balaban J connectivity index is 1.56. The van der Waals surface area contributed by atoms with Gasteiger partial charge in [-0.3, -0.25) is 4.98 Å². The first-order chi connectivity index (χ1) is 10.3. The molecule has 0 amide bonds. The molecule has 2 heteroatoms. The molecule has 2 nitrogen and oxygen atoms in total. The van der Waals surface area contributed by atoms with E-state index in [0.29, 0.717) is 0 Å². The predicted molar refractivity (Wildman–Crippen MR) is 88.3 cm³/mol. The Bertz CT molecular complexity index is 734. The molecule has 0 unspecified atom stereocenters. The Morgan fingerprint density at radius 3 is 2.81 bits per heavy atom.